The molecule has 22 heavy (non-hydrogen) atoms. The number of methoxy groups -OCH3 is 1. The van der Waals surface area contributed by atoms with E-state index in [1.54, 1.807) is 42.9 Å². The van der Waals surface area contributed by atoms with Gasteiger partial charge in [0.1, 0.15) is 0 Å². The van der Waals surface area contributed by atoms with Gasteiger partial charge in [0.2, 0.25) is 0 Å². The second-order valence-electron chi connectivity index (χ2n) is 4.77. The lowest BCUT2D eigenvalue weighted by molar-refractivity contribution is 0.0516. The maximum atomic E-state index is 12.0. The fraction of sp³-hybridized carbons (Fsp3) is 0.312. The topological polar surface area (TPSA) is 72.7 Å². The van der Waals surface area contributed by atoms with Gasteiger partial charge in [0.25, 0.3) is 0 Å². The lowest BCUT2D eigenvalue weighted by atomic mass is 10.2. The molecule has 0 radical (unpaired) electrons. The average molecular weight is 304 g/mol. The van der Waals surface area contributed by atoms with Crippen LogP contribution < -0.4 is 10.1 Å². The van der Waals surface area contributed by atoms with Gasteiger partial charge in [0.15, 0.2) is 17.2 Å². The number of aromatic hydroxyl groups is 1. The van der Waals surface area contributed by atoms with Crippen molar-refractivity contribution in [2.45, 2.75) is 13.5 Å². The Morgan fingerprint density at radius 2 is 2.14 bits per heavy atom. The Morgan fingerprint density at radius 1 is 1.36 bits per heavy atom. The van der Waals surface area contributed by atoms with Crippen LogP contribution in [0.4, 0.5) is 5.69 Å². The van der Waals surface area contributed by atoms with Crippen molar-refractivity contribution in [2.24, 2.45) is 7.05 Å². The summed E-state index contributed by atoms with van der Waals surface area (Å²) in [6.07, 6.45) is 1.80. The number of nitrogens with one attached hydrogen (secondary N) is 1. The molecule has 6 heteroatoms. The molecule has 1 heterocycles. The van der Waals surface area contributed by atoms with Crippen molar-refractivity contribution in [3.05, 3.63) is 41.7 Å². The van der Waals surface area contributed by atoms with Crippen LogP contribution in [0.25, 0.3) is 0 Å². The van der Waals surface area contributed by atoms with Crippen LogP contribution >= 0.6 is 0 Å². The first-order valence-electron chi connectivity index (χ1n) is 6.99. The molecule has 0 spiro atoms. The van der Waals surface area contributed by atoms with Crippen molar-refractivity contribution in [2.75, 3.05) is 19.0 Å². The fourth-order valence-corrected chi connectivity index (χ4v) is 2.16. The van der Waals surface area contributed by atoms with E-state index in [0.717, 1.165) is 5.56 Å². The molecule has 0 unspecified atom stereocenters. The summed E-state index contributed by atoms with van der Waals surface area (Å²) in [5, 5.41) is 12.8. The number of aryl methyl sites for hydroxylation is 1. The molecule has 1 aromatic carbocycles. The molecule has 0 bridgehead atoms. The Hall–Kier alpha value is -2.63. The number of anilines is 1. The van der Waals surface area contributed by atoms with Gasteiger partial charge in [-0.2, -0.15) is 0 Å². The Bertz CT molecular complexity index is 664. The maximum Gasteiger partial charge on any atom is 0.357 e. The molecule has 1 aromatic heterocycles. The van der Waals surface area contributed by atoms with E-state index in [2.05, 4.69) is 5.32 Å². The number of hydrogen-bond acceptors (Lipinski definition) is 5. The lowest BCUT2D eigenvalue weighted by Crippen LogP contribution is -2.12. The number of phenols is 1. The minimum Gasteiger partial charge on any atom is -0.504 e. The number of carbonyl (C=O) groups is 1. The molecule has 0 amide bonds. The van der Waals surface area contributed by atoms with Gasteiger partial charge in [0.05, 0.1) is 19.4 Å². The van der Waals surface area contributed by atoms with E-state index >= 15 is 0 Å². The van der Waals surface area contributed by atoms with Crippen LogP contribution in [-0.4, -0.2) is 29.4 Å². The zero-order chi connectivity index (χ0) is 16.1. The Labute approximate surface area is 129 Å². The third-order valence-corrected chi connectivity index (χ3v) is 3.27. The summed E-state index contributed by atoms with van der Waals surface area (Å²) in [4.78, 5) is 12.0. The smallest absolute Gasteiger partial charge is 0.357 e. The van der Waals surface area contributed by atoms with Crippen LogP contribution in [0.1, 0.15) is 23.0 Å². The minimum atomic E-state index is -0.360. The van der Waals surface area contributed by atoms with Gasteiger partial charge in [0, 0.05) is 19.8 Å². The first kappa shape index (κ1) is 15.8. The molecule has 2 aromatic rings. The first-order valence-corrected chi connectivity index (χ1v) is 6.99. The summed E-state index contributed by atoms with van der Waals surface area (Å²) in [7, 11) is 3.29. The molecule has 6 nitrogen and oxygen atoms in total. The predicted octanol–water partition coefficient (Wildman–Crippen LogP) is 2.53. The lowest BCUT2D eigenvalue weighted by Gasteiger charge is -2.10. The van der Waals surface area contributed by atoms with Crippen molar-refractivity contribution in [3.63, 3.8) is 0 Å². The van der Waals surface area contributed by atoms with E-state index in [0.29, 0.717) is 30.3 Å². The number of benzene rings is 1. The third-order valence-electron chi connectivity index (χ3n) is 3.27. The SMILES string of the molecule is CCOC(=O)c1c(NCc2ccc(O)c(OC)c2)ccn1C. The molecular weight excluding hydrogens is 284 g/mol. The molecule has 0 atom stereocenters. The summed E-state index contributed by atoms with van der Waals surface area (Å²) >= 11 is 0. The molecule has 0 saturated carbocycles. The molecule has 0 fully saturated rings. The number of ether oxygens (including phenoxy) is 2. The number of aromatic nitrogens is 1. The number of hydrogen-bond donors (Lipinski definition) is 2. The predicted molar refractivity (Wildman–Crippen MR) is 83.4 cm³/mol. The summed E-state index contributed by atoms with van der Waals surface area (Å²) < 4.78 is 11.9. The Kier molecular flexibility index (Phi) is 4.93. The highest BCUT2D eigenvalue weighted by Crippen LogP contribution is 2.27. The Morgan fingerprint density at radius 3 is 2.82 bits per heavy atom. The van der Waals surface area contributed by atoms with Crippen molar-refractivity contribution in [1.29, 1.82) is 0 Å². The van der Waals surface area contributed by atoms with Crippen LogP contribution in [0.3, 0.4) is 0 Å². The average Bonchev–Trinajstić information content (AvgIpc) is 2.87. The van der Waals surface area contributed by atoms with E-state index in [1.807, 2.05) is 6.07 Å². The first-order chi connectivity index (χ1) is 10.6. The van der Waals surface area contributed by atoms with E-state index < -0.39 is 0 Å². The highest BCUT2D eigenvalue weighted by atomic mass is 16.5. The number of nitrogens with zero attached hydrogens (tertiary/aromatic N) is 1. The number of phenolic OH excluding ortho intramolecular Hbond substituents is 1. The second kappa shape index (κ2) is 6.89. The molecule has 0 aliphatic heterocycles. The molecule has 0 saturated heterocycles. The van der Waals surface area contributed by atoms with Gasteiger partial charge in [-0.15, -0.1) is 0 Å². The normalized spacial score (nSPS) is 10.3. The van der Waals surface area contributed by atoms with Crippen molar-refractivity contribution >= 4 is 11.7 Å². The zero-order valence-electron chi connectivity index (χ0n) is 12.9. The van der Waals surface area contributed by atoms with Gasteiger partial charge in [-0.1, -0.05) is 6.07 Å². The van der Waals surface area contributed by atoms with Crippen LogP contribution in [0, 0.1) is 0 Å². The highest BCUT2D eigenvalue weighted by molar-refractivity contribution is 5.94. The van der Waals surface area contributed by atoms with Crippen LogP contribution in [-0.2, 0) is 18.3 Å². The standard InChI is InChI=1S/C16H20N2O4/c1-4-22-16(20)15-12(7-8-18(15)2)17-10-11-5-6-13(19)14(9-11)21-3/h5-9,17,19H,4,10H2,1-3H3. The molecule has 2 N–H and O–H groups in total. The van der Waals surface area contributed by atoms with Crippen molar-refractivity contribution < 1.29 is 19.4 Å². The monoisotopic (exact) mass is 304 g/mol. The zero-order valence-corrected chi connectivity index (χ0v) is 12.9. The van der Waals surface area contributed by atoms with E-state index in [-0.39, 0.29) is 11.7 Å². The molecule has 118 valence electrons. The third kappa shape index (κ3) is 3.33. The van der Waals surface area contributed by atoms with Crippen molar-refractivity contribution in [3.8, 4) is 11.5 Å². The quantitative estimate of drug-likeness (QED) is 0.802. The van der Waals surface area contributed by atoms with Gasteiger partial charge < -0.3 is 24.5 Å². The molecule has 2 rings (SSSR count). The van der Waals surface area contributed by atoms with Crippen LogP contribution in [0.15, 0.2) is 30.5 Å². The van der Waals surface area contributed by atoms with Gasteiger partial charge in [-0.05, 0) is 30.7 Å². The van der Waals surface area contributed by atoms with Gasteiger partial charge >= 0.3 is 5.97 Å². The van der Waals surface area contributed by atoms with Crippen LogP contribution in [0.5, 0.6) is 11.5 Å². The maximum absolute atomic E-state index is 12.0. The number of carbonyl (C=O) groups excluding carboxylic acids is 1. The van der Waals surface area contributed by atoms with Gasteiger partial charge in [-0.3, -0.25) is 0 Å². The summed E-state index contributed by atoms with van der Waals surface area (Å²) in [5.74, 6) is 0.150. The molecule has 0 aliphatic carbocycles. The number of esters is 1. The van der Waals surface area contributed by atoms with E-state index in [4.69, 9.17) is 9.47 Å². The second-order valence-corrected chi connectivity index (χ2v) is 4.77. The minimum absolute atomic E-state index is 0.0955. The fourth-order valence-electron chi connectivity index (χ4n) is 2.16. The van der Waals surface area contributed by atoms with E-state index in [9.17, 15) is 9.90 Å². The Balaban J connectivity index is 2.14. The number of rotatable bonds is 6. The van der Waals surface area contributed by atoms with Crippen molar-refractivity contribution in [1.82, 2.24) is 4.57 Å². The molecule has 0 aliphatic rings. The molecular formula is C16H20N2O4. The summed E-state index contributed by atoms with van der Waals surface area (Å²) in [6.45, 7) is 2.60. The largest absolute Gasteiger partial charge is 0.504 e. The van der Waals surface area contributed by atoms with Gasteiger partial charge in [-0.25, -0.2) is 4.79 Å². The highest BCUT2D eigenvalue weighted by Gasteiger charge is 2.16. The summed E-state index contributed by atoms with van der Waals surface area (Å²) in [5.41, 5.74) is 2.11. The van der Waals surface area contributed by atoms with E-state index in [1.165, 1.54) is 7.11 Å². The summed E-state index contributed by atoms with van der Waals surface area (Å²) in [6, 6.07) is 6.93. The van der Waals surface area contributed by atoms with Crippen LogP contribution in [0.2, 0.25) is 0 Å².